The summed E-state index contributed by atoms with van der Waals surface area (Å²) < 4.78 is 26.5. The SMILES string of the molecule is Cl.NC1CCN(S(=O)(=O)c2ccc(Cl)c(Br)c2)C1. The average Bonchev–Trinajstić information content (AvgIpc) is 2.69. The van der Waals surface area contributed by atoms with Crippen LogP contribution in [0, 0.1) is 0 Å². The number of rotatable bonds is 2. The molecule has 8 heteroatoms. The van der Waals surface area contributed by atoms with Crippen molar-refractivity contribution in [3.8, 4) is 0 Å². The summed E-state index contributed by atoms with van der Waals surface area (Å²) in [5.74, 6) is 0. The van der Waals surface area contributed by atoms with Gasteiger partial charge in [0.05, 0.1) is 9.92 Å². The second-order valence-corrected chi connectivity index (χ2v) is 7.19. The fraction of sp³-hybridized carbons (Fsp3) is 0.400. The fourth-order valence-corrected chi connectivity index (χ4v) is 3.94. The van der Waals surface area contributed by atoms with E-state index in [4.69, 9.17) is 17.3 Å². The second-order valence-electron chi connectivity index (χ2n) is 3.99. The van der Waals surface area contributed by atoms with Crippen LogP contribution in [-0.4, -0.2) is 31.9 Å². The van der Waals surface area contributed by atoms with Gasteiger partial charge in [-0.1, -0.05) is 11.6 Å². The van der Waals surface area contributed by atoms with Crippen molar-refractivity contribution in [2.45, 2.75) is 17.4 Å². The number of halogens is 3. The van der Waals surface area contributed by atoms with Crippen LogP contribution >= 0.6 is 39.9 Å². The van der Waals surface area contributed by atoms with Gasteiger partial charge in [0.1, 0.15) is 0 Å². The average molecular weight is 376 g/mol. The molecule has 1 aromatic rings. The monoisotopic (exact) mass is 374 g/mol. The van der Waals surface area contributed by atoms with Crippen molar-refractivity contribution in [1.82, 2.24) is 4.31 Å². The Bertz CT molecular complexity index is 539. The van der Waals surface area contributed by atoms with Crippen molar-refractivity contribution < 1.29 is 8.42 Å². The highest BCUT2D eigenvalue weighted by Gasteiger charge is 2.31. The number of benzene rings is 1. The van der Waals surface area contributed by atoms with Crippen LogP contribution in [0.2, 0.25) is 5.02 Å². The summed E-state index contributed by atoms with van der Waals surface area (Å²) in [6.45, 7) is 0.853. The molecule has 1 aromatic carbocycles. The van der Waals surface area contributed by atoms with Gasteiger partial charge in [-0.25, -0.2) is 8.42 Å². The van der Waals surface area contributed by atoms with E-state index in [1.807, 2.05) is 0 Å². The molecule has 1 unspecified atom stereocenters. The molecule has 0 saturated carbocycles. The predicted molar refractivity (Wildman–Crippen MR) is 77.8 cm³/mol. The van der Waals surface area contributed by atoms with Crippen LogP contribution in [-0.2, 0) is 10.0 Å². The van der Waals surface area contributed by atoms with E-state index in [-0.39, 0.29) is 23.3 Å². The van der Waals surface area contributed by atoms with Crippen molar-refractivity contribution in [3.05, 3.63) is 27.7 Å². The molecule has 0 spiro atoms. The van der Waals surface area contributed by atoms with Gasteiger partial charge in [-0.05, 0) is 40.5 Å². The fourth-order valence-electron chi connectivity index (χ4n) is 1.76. The van der Waals surface area contributed by atoms with Crippen molar-refractivity contribution >= 4 is 50.0 Å². The van der Waals surface area contributed by atoms with E-state index in [2.05, 4.69) is 15.9 Å². The lowest BCUT2D eigenvalue weighted by molar-refractivity contribution is 0.472. The van der Waals surface area contributed by atoms with Crippen molar-refractivity contribution in [2.75, 3.05) is 13.1 Å². The molecule has 2 N–H and O–H groups in total. The first-order chi connectivity index (χ1) is 7.91. The molecule has 1 atom stereocenters. The predicted octanol–water partition coefficient (Wildman–Crippen LogP) is 2.25. The smallest absolute Gasteiger partial charge is 0.243 e. The zero-order valence-electron chi connectivity index (χ0n) is 9.34. The van der Waals surface area contributed by atoms with Gasteiger partial charge in [-0.15, -0.1) is 12.4 Å². The van der Waals surface area contributed by atoms with E-state index in [9.17, 15) is 8.42 Å². The molecule has 1 saturated heterocycles. The number of nitrogens with zero attached hydrogens (tertiary/aromatic N) is 1. The first-order valence-electron chi connectivity index (χ1n) is 5.12. The molecule has 0 aromatic heterocycles. The van der Waals surface area contributed by atoms with Gasteiger partial charge in [0, 0.05) is 23.6 Å². The number of hydrogen-bond donors (Lipinski definition) is 1. The molecule has 0 aliphatic carbocycles. The lowest BCUT2D eigenvalue weighted by atomic mass is 10.3. The third-order valence-electron chi connectivity index (χ3n) is 2.72. The zero-order chi connectivity index (χ0) is 12.6. The minimum absolute atomic E-state index is 0. The Kier molecular flexibility index (Phi) is 5.46. The maximum Gasteiger partial charge on any atom is 0.243 e. The highest BCUT2D eigenvalue weighted by molar-refractivity contribution is 9.10. The molecule has 0 bridgehead atoms. The van der Waals surface area contributed by atoms with Crippen molar-refractivity contribution in [3.63, 3.8) is 0 Å². The molecule has 0 amide bonds. The number of sulfonamides is 1. The molecule has 0 radical (unpaired) electrons. The Morgan fingerprint density at radius 3 is 2.61 bits per heavy atom. The van der Waals surface area contributed by atoms with E-state index in [0.717, 1.165) is 0 Å². The molecule has 1 heterocycles. The molecule has 2 rings (SSSR count). The third-order valence-corrected chi connectivity index (χ3v) is 5.79. The molecule has 18 heavy (non-hydrogen) atoms. The van der Waals surface area contributed by atoms with E-state index in [1.165, 1.54) is 16.4 Å². The number of hydrogen-bond acceptors (Lipinski definition) is 3. The Morgan fingerprint density at radius 2 is 2.11 bits per heavy atom. The summed E-state index contributed by atoms with van der Waals surface area (Å²) in [5.41, 5.74) is 5.72. The van der Waals surface area contributed by atoms with Gasteiger partial charge in [-0.3, -0.25) is 0 Å². The van der Waals surface area contributed by atoms with Gasteiger partial charge in [0.25, 0.3) is 0 Å². The largest absolute Gasteiger partial charge is 0.326 e. The Hall–Kier alpha value is 0.150. The zero-order valence-corrected chi connectivity index (χ0v) is 13.3. The summed E-state index contributed by atoms with van der Waals surface area (Å²) in [6.07, 6.45) is 0.702. The quantitative estimate of drug-likeness (QED) is 0.862. The lowest BCUT2D eigenvalue weighted by Gasteiger charge is -2.16. The summed E-state index contributed by atoms with van der Waals surface area (Å²) in [6, 6.07) is 4.52. The van der Waals surface area contributed by atoms with E-state index in [0.29, 0.717) is 29.0 Å². The maximum atomic E-state index is 12.2. The first-order valence-corrected chi connectivity index (χ1v) is 7.73. The minimum Gasteiger partial charge on any atom is -0.326 e. The highest BCUT2D eigenvalue weighted by Crippen LogP contribution is 2.28. The van der Waals surface area contributed by atoms with Crippen LogP contribution in [0.4, 0.5) is 0 Å². The van der Waals surface area contributed by atoms with Crippen LogP contribution in [0.15, 0.2) is 27.6 Å². The highest BCUT2D eigenvalue weighted by atomic mass is 79.9. The van der Waals surface area contributed by atoms with Gasteiger partial charge in [-0.2, -0.15) is 4.31 Å². The van der Waals surface area contributed by atoms with E-state index < -0.39 is 10.0 Å². The summed E-state index contributed by atoms with van der Waals surface area (Å²) >= 11 is 9.06. The van der Waals surface area contributed by atoms with Crippen LogP contribution in [0.25, 0.3) is 0 Å². The minimum atomic E-state index is -3.45. The lowest BCUT2D eigenvalue weighted by Crippen LogP contribution is -2.31. The van der Waals surface area contributed by atoms with Gasteiger partial charge in [0.15, 0.2) is 0 Å². The van der Waals surface area contributed by atoms with Crippen LogP contribution < -0.4 is 5.73 Å². The Morgan fingerprint density at radius 1 is 1.44 bits per heavy atom. The van der Waals surface area contributed by atoms with Gasteiger partial charge >= 0.3 is 0 Å². The van der Waals surface area contributed by atoms with Crippen LogP contribution in [0.5, 0.6) is 0 Å². The molecule has 4 nitrogen and oxygen atoms in total. The summed E-state index contributed by atoms with van der Waals surface area (Å²) in [4.78, 5) is 0.239. The van der Waals surface area contributed by atoms with E-state index in [1.54, 1.807) is 6.07 Å². The molecular weight excluding hydrogens is 363 g/mol. The molecule has 1 fully saturated rings. The molecule has 1 aliphatic heterocycles. The first kappa shape index (κ1) is 16.2. The van der Waals surface area contributed by atoms with Crippen molar-refractivity contribution in [2.24, 2.45) is 5.73 Å². The Labute approximate surface area is 126 Å². The third kappa shape index (κ3) is 3.18. The number of nitrogens with two attached hydrogens (primary N) is 1. The second kappa shape index (κ2) is 6.07. The molecule has 102 valence electrons. The van der Waals surface area contributed by atoms with Crippen LogP contribution in [0.1, 0.15) is 6.42 Å². The van der Waals surface area contributed by atoms with Crippen molar-refractivity contribution in [1.29, 1.82) is 0 Å². The normalized spacial score (nSPS) is 20.7. The summed E-state index contributed by atoms with van der Waals surface area (Å²) in [5, 5.41) is 0.488. The van der Waals surface area contributed by atoms with E-state index >= 15 is 0 Å². The van der Waals surface area contributed by atoms with Gasteiger partial charge in [0.2, 0.25) is 10.0 Å². The van der Waals surface area contributed by atoms with Gasteiger partial charge < -0.3 is 5.73 Å². The maximum absolute atomic E-state index is 12.2. The molecule has 1 aliphatic rings. The Balaban J connectivity index is 0.00000162. The topological polar surface area (TPSA) is 63.4 Å². The summed E-state index contributed by atoms with van der Waals surface area (Å²) in [7, 11) is -3.45. The van der Waals surface area contributed by atoms with Crippen LogP contribution in [0.3, 0.4) is 0 Å². The standard InChI is InChI=1S/C10H12BrClN2O2S.ClH/c11-9-5-8(1-2-10(9)12)17(15,16)14-4-3-7(13)6-14;/h1-2,5,7H,3-4,6,13H2;1H. The molecular formula is C10H13BrCl2N2O2S.